The van der Waals surface area contributed by atoms with E-state index in [4.69, 9.17) is 17.0 Å². The highest BCUT2D eigenvalue weighted by Gasteiger charge is 2.38. The Hall–Kier alpha value is -3.39. The van der Waals surface area contributed by atoms with E-state index in [1.807, 2.05) is 13.8 Å². The van der Waals surface area contributed by atoms with Crippen molar-refractivity contribution in [2.45, 2.75) is 98.6 Å². The number of ether oxygens (including phenoxy) is 1. The molecule has 43 heavy (non-hydrogen) atoms. The lowest BCUT2D eigenvalue weighted by Gasteiger charge is -2.41. The van der Waals surface area contributed by atoms with E-state index in [2.05, 4.69) is 91.5 Å². The van der Waals surface area contributed by atoms with Gasteiger partial charge in [-0.15, -0.1) is 0 Å². The first-order chi connectivity index (χ1) is 20.2. The quantitative estimate of drug-likeness (QED) is 0.243. The van der Waals surface area contributed by atoms with Gasteiger partial charge in [-0.3, -0.25) is 10.1 Å². The number of rotatable bonds is 7. The number of aryl methyl sites for hydroxylation is 2. The molecule has 3 aromatic rings. The van der Waals surface area contributed by atoms with Gasteiger partial charge < -0.3 is 19.9 Å². The predicted octanol–water partition coefficient (Wildman–Crippen LogP) is 7.49. The molecule has 1 aliphatic heterocycles. The molecule has 2 heterocycles. The zero-order chi connectivity index (χ0) is 31.6. The first-order valence-corrected chi connectivity index (χ1v) is 15.9. The molecule has 0 radical (unpaired) electrons. The molecule has 0 saturated carbocycles. The number of hydrogen-bond donors (Lipinski definition) is 3. The maximum Gasteiger partial charge on any atom is 0.413 e. The van der Waals surface area contributed by atoms with Crippen LogP contribution >= 0.6 is 12.2 Å². The van der Waals surface area contributed by atoms with Crippen molar-refractivity contribution in [3.8, 4) is 11.3 Å². The van der Waals surface area contributed by atoms with Crippen molar-refractivity contribution in [2.24, 2.45) is 5.92 Å². The summed E-state index contributed by atoms with van der Waals surface area (Å²) in [6.45, 7) is 19.8. The number of amides is 2. The first-order valence-electron chi connectivity index (χ1n) is 15.5. The van der Waals surface area contributed by atoms with Crippen LogP contribution in [0.25, 0.3) is 22.2 Å². The van der Waals surface area contributed by atoms with Crippen LogP contribution in [0, 0.1) is 19.8 Å². The Bertz CT molecular complexity index is 1490. The van der Waals surface area contributed by atoms with E-state index in [1.54, 1.807) is 13.8 Å². The molecule has 2 aromatic carbocycles. The number of piperidine rings is 1. The molecule has 4 rings (SSSR count). The number of likely N-dealkylation sites (tertiary alicyclic amines) is 1. The lowest BCUT2D eigenvalue weighted by molar-refractivity contribution is -0.140. The summed E-state index contributed by atoms with van der Waals surface area (Å²) in [5.41, 5.74) is 7.02. The van der Waals surface area contributed by atoms with E-state index in [0.29, 0.717) is 12.5 Å². The van der Waals surface area contributed by atoms with Crippen LogP contribution in [0.2, 0.25) is 0 Å². The molecule has 8 heteroatoms. The van der Waals surface area contributed by atoms with Gasteiger partial charge in [-0.1, -0.05) is 37.1 Å². The Morgan fingerprint density at radius 3 is 2.40 bits per heavy atom. The van der Waals surface area contributed by atoms with Crippen LogP contribution in [-0.2, 0) is 14.9 Å². The third-order valence-corrected chi connectivity index (χ3v) is 8.85. The van der Waals surface area contributed by atoms with Crippen LogP contribution in [0.15, 0.2) is 36.4 Å². The number of H-pyrrole nitrogens is 1. The number of aromatic nitrogens is 1. The molecule has 2 amide bonds. The fraction of sp³-hybridized carbons (Fsp3) is 0.514. The smallest absolute Gasteiger partial charge is 0.413 e. The van der Waals surface area contributed by atoms with Gasteiger partial charge >= 0.3 is 6.09 Å². The van der Waals surface area contributed by atoms with Crippen LogP contribution in [0.3, 0.4) is 0 Å². The number of nitrogens with zero attached hydrogens (tertiary/aromatic N) is 1. The van der Waals surface area contributed by atoms with E-state index >= 15 is 0 Å². The molecule has 1 aliphatic rings. The fourth-order valence-corrected chi connectivity index (χ4v) is 6.41. The molecular weight excluding hydrogens is 556 g/mol. The van der Waals surface area contributed by atoms with Gasteiger partial charge in [-0.25, -0.2) is 4.79 Å². The second-order valence-electron chi connectivity index (χ2n) is 13.4. The SMILES string of the molecule is Cc1cc(C)cc(-c2[nH]c3ccc(C(C)(C)C(=O)N4CC(C)CCC4C)cc3c2[C@H](C)CNC(=S)NC(=O)OC(C)C)c1. The van der Waals surface area contributed by atoms with Crippen LogP contribution in [-0.4, -0.2) is 52.2 Å². The minimum absolute atomic E-state index is 0.0162. The zero-order valence-electron chi connectivity index (χ0n) is 27.2. The molecule has 0 spiro atoms. The van der Waals surface area contributed by atoms with Gasteiger partial charge in [0, 0.05) is 36.0 Å². The van der Waals surface area contributed by atoms with Gasteiger partial charge in [0.1, 0.15) is 0 Å². The minimum Gasteiger partial charge on any atom is -0.447 e. The van der Waals surface area contributed by atoms with Crippen molar-refractivity contribution >= 4 is 40.2 Å². The zero-order valence-corrected chi connectivity index (χ0v) is 28.0. The van der Waals surface area contributed by atoms with Gasteiger partial charge in [0.25, 0.3) is 0 Å². The van der Waals surface area contributed by atoms with E-state index in [-0.39, 0.29) is 29.1 Å². The lowest BCUT2D eigenvalue weighted by Crippen LogP contribution is -2.51. The van der Waals surface area contributed by atoms with Crippen molar-refractivity contribution in [1.82, 2.24) is 20.5 Å². The molecule has 7 nitrogen and oxygen atoms in total. The van der Waals surface area contributed by atoms with Gasteiger partial charge in [-0.2, -0.15) is 0 Å². The second-order valence-corrected chi connectivity index (χ2v) is 13.8. The molecule has 1 saturated heterocycles. The summed E-state index contributed by atoms with van der Waals surface area (Å²) in [7, 11) is 0. The number of hydrogen-bond acceptors (Lipinski definition) is 4. The molecule has 232 valence electrons. The van der Waals surface area contributed by atoms with Crippen LogP contribution in [0.4, 0.5) is 4.79 Å². The van der Waals surface area contributed by atoms with Crippen LogP contribution in [0.1, 0.15) is 89.5 Å². The van der Waals surface area contributed by atoms with Crippen molar-refractivity contribution in [3.05, 3.63) is 58.7 Å². The third-order valence-electron chi connectivity index (χ3n) is 8.60. The number of benzene rings is 2. The van der Waals surface area contributed by atoms with Crippen LogP contribution < -0.4 is 10.6 Å². The Labute approximate surface area is 262 Å². The first kappa shape index (κ1) is 32.5. The summed E-state index contributed by atoms with van der Waals surface area (Å²) in [5, 5.41) is 7.11. The number of alkyl carbamates (subject to hydrolysis) is 1. The van der Waals surface area contributed by atoms with Crippen molar-refractivity contribution in [3.63, 3.8) is 0 Å². The maximum absolute atomic E-state index is 14.0. The maximum atomic E-state index is 14.0. The third kappa shape index (κ3) is 7.40. The molecule has 1 aromatic heterocycles. The molecule has 3 N–H and O–H groups in total. The standard InChI is InChI=1S/C35H48N4O3S/c1-20(2)42-34(41)38-33(43)36-18-24(6)30-28-17-27(35(8,9)32(40)39-19-21(3)10-11-25(39)7)12-13-29(28)37-31(30)26-15-22(4)14-23(5)16-26/h12-17,20-21,24-25,37H,10-11,18-19H2,1-9H3,(H2,36,38,41,43)/t21?,24-,25?/m1/s1. The van der Waals surface area contributed by atoms with E-state index < -0.39 is 11.5 Å². The number of thiocarbonyl (C=S) groups is 1. The largest absolute Gasteiger partial charge is 0.447 e. The van der Waals surface area contributed by atoms with Crippen molar-refractivity contribution < 1.29 is 14.3 Å². The Morgan fingerprint density at radius 2 is 1.74 bits per heavy atom. The number of nitrogens with one attached hydrogen (secondary N) is 3. The predicted molar refractivity (Wildman–Crippen MR) is 180 cm³/mol. The highest BCUT2D eigenvalue weighted by Crippen LogP contribution is 2.39. The van der Waals surface area contributed by atoms with Crippen molar-refractivity contribution in [2.75, 3.05) is 13.1 Å². The van der Waals surface area contributed by atoms with Crippen LogP contribution in [0.5, 0.6) is 0 Å². The van der Waals surface area contributed by atoms with Crippen molar-refractivity contribution in [1.29, 1.82) is 0 Å². The number of carbonyl (C=O) groups is 2. The molecule has 1 fully saturated rings. The summed E-state index contributed by atoms with van der Waals surface area (Å²) in [5.74, 6) is 0.704. The molecule has 3 atom stereocenters. The van der Waals surface area contributed by atoms with Gasteiger partial charge in [0.05, 0.1) is 17.2 Å². The van der Waals surface area contributed by atoms with E-state index in [0.717, 1.165) is 52.7 Å². The normalized spacial score (nSPS) is 18.0. The summed E-state index contributed by atoms with van der Waals surface area (Å²) >= 11 is 5.39. The fourth-order valence-electron chi connectivity index (χ4n) is 6.24. The highest BCUT2D eigenvalue weighted by molar-refractivity contribution is 7.80. The molecular formula is C35H48N4O3S. The number of aromatic amines is 1. The summed E-state index contributed by atoms with van der Waals surface area (Å²) < 4.78 is 5.16. The number of carbonyl (C=O) groups excluding carboxylic acids is 2. The van der Waals surface area contributed by atoms with Gasteiger partial charge in [0.2, 0.25) is 5.91 Å². The molecule has 0 aliphatic carbocycles. The summed E-state index contributed by atoms with van der Waals surface area (Å²) in [4.78, 5) is 31.9. The minimum atomic E-state index is -0.683. The lowest BCUT2D eigenvalue weighted by atomic mass is 9.80. The average Bonchev–Trinajstić information content (AvgIpc) is 3.30. The summed E-state index contributed by atoms with van der Waals surface area (Å²) in [6.07, 6.45) is 1.40. The summed E-state index contributed by atoms with van der Waals surface area (Å²) in [6, 6.07) is 13.2. The second kappa shape index (κ2) is 13.1. The topological polar surface area (TPSA) is 86.5 Å². The average molecular weight is 605 g/mol. The van der Waals surface area contributed by atoms with Gasteiger partial charge in [0.15, 0.2) is 5.11 Å². The Balaban J connectivity index is 1.72. The Kier molecular flexibility index (Phi) is 9.90. The monoisotopic (exact) mass is 604 g/mol. The molecule has 2 unspecified atom stereocenters. The number of fused-ring (bicyclic) bond motifs is 1. The van der Waals surface area contributed by atoms with E-state index in [9.17, 15) is 9.59 Å². The Morgan fingerprint density at radius 1 is 1.07 bits per heavy atom. The van der Waals surface area contributed by atoms with E-state index in [1.165, 1.54) is 11.1 Å². The highest BCUT2D eigenvalue weighted by atomic mass is 32.1. The van der Waals surface area contributed by atoms with Gasteiger partial charge in [-0.05, 0) is 120 Å². The molecule has 0 bridgehead atoms.